The van der Waals surface area contributed by atoms with Crippen molar-refractivity contribution in [2.45, 2.75) is 6.92 Å². The van der Waals surface area contributed by atoms with Crippen molar-refractivity contribution in [3.8, 4) is 17.2 Å². The van der Waals surface area contributed by atoms with E-state index >= 15 is 0 Å². The first-order chi connectivity index (χ1) is 9.56. The molecule has 0 atom stereocenters. The van der Waals surface area contributed by atoms with E-state index in [9.17, 15) is 4.39 Å². The molecule has 0 fully saturated rings. The van der Waals surface area contributed by atoms with Crippen molar-refractivity contribution in [1.82, 2.24) is 0 Å². The van der Waals surface area contributed by atoms with Gasteiger partial charge in [-0.05, 0) is 36.3 Å². The number of hydrogen-bond donors (Lipinski definition) is 0. The fourth-order valence-corrected chi connectivity index (χ4v) is 2.51. The molecule has 0 aliphatic rings. The van der Waals surface area contributed by atoms with Crippen molar-refractivity contribution < 1.29 is 4.39 Å². The van der Waals surface area contributed by atoms with E-state index in [-0.39, 0.29) is 5.02 Å². The average molecular weight is 306 g/mol. The fraction of sp³-hybridized carbons (Fsp3) is 0.0625. The van der Waals surface area contributed by atoms with E-state index in [1.165, 1.54) is 12.1 Å². The summed E-state index contributed by atoms with van der Waals surface area (Å²) in [5, 5.41) is 9.09. The van der Waals surface area contributed by atoms with Crippen molar-refractivity contribution in [1.29, 1.82) is 5.26 Å². The molecular formula is C16H10Cl2FN. The highest BCUT2D eigenvalue weighted by atomic mass is 35.5. The van der Waals surface area contributed by atoms with Gasteiger partial charge < -0.3 is 0 Å². The average Bonchev–Trinajstić information content (AvgIpc) is 2.43. The summed E-state index contributed by atoms with van der Waals surface area (Å²) in [6, 6.07) is 10.2. The van der Waals surface area contributed by atoms with Gasteiger partial charge in [0.25, 0.3) is 0 Å². The van der Waals surface area contributed by atoms with Crippen LogP contribution in [0.25, 0.3) is 17.2 Å². The molecule has 2 aromatic carbocycles. The lowest BCUT2D eigenvalue weighted by atomic mass is 9.95. The topological polar surface area (TPSA) is 23.8 Å². The molecule has 0 heterocycles. The normalized spacial score (nSPS) is 10.8. The largest absolute Gasteiger partial charge is 0.205 e. The minimum atomic E-state index is -0.499. The van der Waals surface area contributed by atoms with Crippen LogP contribution in [0.5, 0.6) is 0 Å². The first-order valence-electron chi connectivity index (χ1n) is 5.86. The summed E-state index contributed by atoms with van der Waals surface area (Å²) in [6.07, 6.45) is 3.03. The first kappa shape index (κ1) is 14.6. The fourth-order valence-electron chi connectivity index (χ4n) is 2.03. The predicted octanol–water partition coefficient (Wildman–Crippen LogP) is 5.64. The Bertz CT molecular complexity index is 730. The summed E-state index contributed by atoms with van der Waals surface area (Å²) in [6.45, 7) is 1.83. The van der Waals surface area contributed by atoms with Crippen LogP contribution in [0.2, 0.25) is 10.0 Å². The number of hydrogen-bond acceptors (Lipinski definition) is 1. The smallest absolute Gasteiger partial charge is 0.149 e. The molecule has 100 valence electrons. The molecule has 0 unspecified atom stereocenters. The van der Waals surface area contributed by atoms with Crippen molar-refractivity contribution in [3.63, 3.8) is 0 Å². The molecule has 20 heavy (non-hydrogen) atoms. The maximum atomic E-state index is 14.2. The van der Waals surface area contributed by atoms with Crippen LogP contribution in [-0.2, 0) is 0 Å². The van der Waals surface area contributed by atoms with Gasteiger partial charge in [0.2, 0.25) is 0 Å². The second-order valence-electron chi connectivity index (χ2n) is 4.20. The van der Waals surface area contributed by atoms with Crippen LogP contribution in [0, 0.1) is 24.1 Å². The number of allylic oxidation sites excluding steroid dienone is 1. The molecule has 0 saturated carbocycles. The van der Waals surface area contributed by atoms with Gasteiger partial charge in [-0.2, -0.15) is 5.26 Å². The highest BCUT2D eigenvalue weighted by Gasteiger charge is 2.15. The van der Waals surface area contributed by atoms with Crippen LogP contribution in [-0.4, -0.2) is 0 Å². The molecule has 0 bridgehead atoms. The van der Waals surface area contributed by atoms with Crippen LogP contribution < -0.4 is 0 Å². The Kier molecular flexibility index (Phi) is 4.44. The molecule has 0 aliphatic heterocycles. The van der Waals surface area contributed by atoms with Gasteiger partial charge in [0.1, 0.15) is 5.82 Å². The monoisotopic (exact) mass is 305 g/mol. The Morgan fingerprint density at radius 3 is 2.60 bits per heavy atom. The molecular weight excluding hydrogens is 296 g/mol. The molecule has 0 N–H and O–H groups in total. The van der Waals surface area contributed by atoms with E-state index in [0.29, 0.717) is 16.1 Å². The van der Waals surface area contributed by atoms with Crippen LogP contribution in [0.15, 0.2) is 36.4 Å². The zero-order valence-electron chi connectivity index (χ0n) is 10.6. The molecule has 0 amide bonds. The summed E-state index contributed by atoms with van der Waals surface area (Å²) in [7, 11) is 0. The van der Waals surface area contributed by atoms with E-state index in [2.05, 4.69) is 0 Å². The van der Waals surface area contributed by atoms with E-state index < -0.39 is 5.82 Å². The standard InChI is InChI=1S/C16H10Cl2FN/c1-10-11(4-3-9-20)7-8-13(17)15(10)12-5-2-6-14(18)16(12)19/h2-8H,1H3/b4-3-. The van der Waals surface area contributed by atoms with Gasteiger partial charge >= 0.3 is 0 Å². The number of nitriles is 1. The molecule has 0 radical (unpaired) electrons. The zero-order chi connectivity index (χ0) is 14.7. The molecule has 2 aromatic rings. The summed E-state index contributed by atoms with van der Waals surface area (Å²) in [5.74, 6) is -0.499. The van der Waals surface area contributed by atoms with Gasteiger partial charge in [0.05, 0.1) is 11.1 Å². The molecule has 4 heteroatoms. The van der Waals surface area contributed by atoms with E-state index in [4.69, 9.17) is 28.5 Å². The Morgan fingerprint density at radius 2 is 1.90 bits per heavy atom. The number of rotatable bonds is 2. The van der Waals surface area contributed by atoms with Gasteiger partial charge in [0.15, 0.2) is 0 Å². The van der Waals surface area contributed by atoms with Gasteiger partial charge in [-0.25, -0.2) is 4.39 Å². The third kappa shape index (κ3) is 2.70. The molecule has 0 aromatic heterocycles. The maximum Gasteiger partial charge on any atom is 0.149 e. The quantitative estimate of drug-likeness (QED) is 0.658. The van der Waals surface area contributed by atoms with Crippen LogP contribution >= 0.6 is 23.2 Å². The summed E-state index contributed by atoms with van der Waals surface area (Å²) < 4.78 is 14.2. The third-order valence-electron chi connectivity index (χ3n) is 3.01. The van der Waals surface area contributed by atoms with Crippen LogP contribution in [0.4, 0.5) is 4.39 Å². The summed E-state index contributed by atoms with van der Waals surface area (Å²) in [4.78, 5) is 0. The lowest BCUT2D eigenvalue weighted by molar-refractivity contribution is 0.631. The van der Waals surface area contributed by atoms with Crippen LogP contribution in [0.1, 0.15) is 11.1 Å². The molecule has 2 rings (SSSR count). The van der Waals surface area contributed by atoms with Crippen molar-refractivity contribution >= 4 is 29.3 Å². The summed E-state index contributed by atoms with van der Waals surface area (Å²) >= 11 is 12.0. The third-order valence-corrected chi connectivity index (χ3v) is 3.62. The molecule has 1 nitrogen and oxygen atoms in total. The summed E-state index contributed by atoms with van der Waals surface area (Å²) in [5.41, 5.74) is 2.55. The van der Waals surface area contributed by atoms with Gasteiger partial charge in [-0.15, -0.1) is 0 Å². The lowest BCUT2D eigenvalue weighted by Crippen LogP contribution is -1.92. The SMILES string of the molecule is Cc1c(/C=C\C#N)ccc(Cl)c1-c1cccc(Cl)c1F. The second kappa shape index (κ2) is 6.09. The van der Waals surface area contributed by atoms with Gasteiger partial charge in [-0.1, -0.05) is 41.4 Å². The van der Waals surface area contributed by atoms with Crippen LogP contribution in [0.3, 0.4) is 0 Å². The number of halogens is 3. The number of nitrogens with zero attached hydrogens (tertiary/aromatic N) is 1. The minimum Gasteiger partial charge on any atom is -0.205 e. The van der Waals surface area contributed by atoms with E-state index in [1.807, 2.05) is 13.0 Å². The highest BCUT2D eigenvalue weighted by Crippen LogP contribution is 2.36. The van der Waals surface area contributed by atoms with E-state index in [1.54, 1.807) is 30.3 Å². The van der Waals surface area contributed by atoms with E-state index in [0.717, 1.165) is 11.1 Å². The highest BCUT2D eigenvalue weighted by molar-refractivity contribution is 6.34. The second-order valence-corrected chi connectivity index (χ2v) is 5.01. The minimum absolute atomic E-state index is 0.0518. The maximum absolute atomic E-state index is 14.2. The van der Waals surface area contributed by atoms with Crippen molar-refractivity contribution in [3.05, 3.63) is 63.4 Å². The Hall–Kier alpha value is -1.82. The number of benzene rings is 2. The molecule has 0 saturated heterocycles. The van der Waals surface area contributed by atoms with Crippen molar-refractivity contribution in [2.75, 3.05) is 0 Å². The predicted molar refractivity (Wildman–Crippen MR) is 81.2 cm³/mol. The first-order valence-corrected chi connectivity index (χ1v) is 6.61. The van der Waals surface area contributed by atoms with Gasteiger partial charge in [0, 0.05) is 22.2 Å². The molecule has 0 aliphatic carbocycles. The Balaban J connectivity index is 2.71. The van der Waals surface area contributed by atoms with Gasteiger partial charge in [-0.3, -0.25) is 0 Å². The zero-order valence-corrected chi connectivity index (χ0v) is 12.1. The molecule has 0 spiro atoms. The Morgan fingerprint density at radius 1 is 1.15 bits per heavy atom. The lowest BCUT2D eigenvalue weighted by Gasteiger charge is -2.13. The van der Waals surface area contributed by atoms with Crippen molar-refractivity contribution in [2.24, 2.45) is 0 Å². The Labute approximate surface area is 126 Å².